The van der Waals surface area contributed by atoms with Gasteiger partial charge in [-0.1, -0.05) is 11.6 Å². The maximum absolute atomic E-state index is 12.4. The van der Waals surface area contributed by atoms with Gasteiger partial charge in [-0.3, -0.25) is 4.79 Å². The van der Waals surface area contributed by atoms with E-state index in [1.54, 1.807) is 51.1 Å². The standard InChI is InChI=1S/C23H22ClNO6/c1-12(2)25-21(26)18-10-15-5-7-17(11-20(15)31-23(18)28)30-22(27)14(4)29-19-8-6-16(24)9-13(19)3/h5-12,14H,1-4H3,(H,25,26). The number of carbonyl (C=O) groups is 2. The average Bonchev–Trinajstić information content (AvgIpc) is 2.68. The van der Waals surface area contributed by atoms with E-state index in [-0.39, 0.29) is 22.9 Å². The molecule has 3 rings (SSSR count). The Bertz CT molecular complexity index is 1200. The summed E-state index contributed by atoms with van der Waals surface area (Å²) in [6.45, 7) is 6.97. The van der Waals surface area contributed by atoms with Gasteiger partial charge in [0.15, 0.2) is 6.10 Å². The first kappa shape index (κ1) is 22.4. The lowest BCUT2D eigenvalue weighted by Crippen LogP contribution is -2.33. The normalized spacial score (nSPS) is 11.9. The first-order valence-electron chi connectivity index (χ1n) is 9.67. The predicted molar refractivity (Wildman–Crippen MR) is 117 cm³/mol. The van der Waals surface area contributed by atoms with E-state index in [0.717, 1.165) is 5.56 Å². The molecular weight excluding hydrogens is 422 g/mol. The second-order valence-electron chi connectivity index (χ2n) is 7.37. The molecule has 1 unspecified atom stereocenters. The van der Waals surface area contributed by atoms with Crippen molar-refractivity contribution in [2.75, 3.05) is 0 Å². The largest absolute Gasteiger partial charge is 0.479 e. The Morgan fingerprint density at radius 1 is 1.06 bits per heavy atom. The van der Waals surface area contributed by atoms with Crippen molar-refractivity contribution in [1.29, 1.82) is 0 Å². The summed E-state index contributed by atoms with van der Waals surface area (Å²) < 4.78 is 16.3. The van der Waals surface area contributed by atoms with Crippen LogP contribution in [-0.2, 0) is 4.79 Å². The van der Waals surface area contributed by atoms with Crippen LogP contribution in [0.15, 0.2) is 51.7 Å². The molecule has 1 amide bonds. The van der Waals surface area contributed by atoms with E-state index in [0.29, 0.717) is 16.2 Å². The fourth-order valence-electron chi connectivity index (χ4n) is 2.84. The number of halogens is 1. The van der Waals surface area contributed by atoms with Crippen molar-refractivity contribution in [3.05, 3.63) is 69.0 Å². The Labute approximate surface area is 183 Å². The third-order valence-electron chi connectivity index (χ3n) is 4.36. The SMILES string of the molecule is Cc1cc(Cl)ccc1OC(C)C(=O)Oc1ccc2cc(C(=O)NC(C)C)c(=O)oc2c1. The van der Waals surface area contributed by atoms with Crippen molar-refractivity contribution in [2.24, 2.45) is 0 Å². The van der Waals surface area contributed by atoms with E-state index in [4.69, 9.17) is 25.5 Å². The molecular formula is C23H22ClNO6. The van der Waals surface area contributed by atoms with Crippen LogP contribution in [0.3, 0.4) is 0 Å². The first-order valence-corrected chi connectivity index (χ1v) is 10.0. The highest BCUT2D eigenvalue weighted by molar-refractivity contribution is 6.30. The molecule has 2 aromatic carbocycles. The van der Waals surface area contributed by atoms with E-state index >= 15 is 0 Å². The van der Waals surface area contributed by atoms with Crippen molar-refractivity contribution in [3.63, 3.8) is 0 Å². The highest BCUT2D eigenvalue weighted by Gasteiger charge is 2.19. The Balaban J connectivity index is 1.76. The first-order chi connectivity index (χ1) is 14.6. The maximum atomic E-state index is 12.4. The van der Waals surface area contributed by atoms with Gasteiger partial charge in [-0.2, -0.15) is 0 Å². The molecule has 7 nitrogen and oxygen atoms in total. The van der Waals surface area contributed by atoms with Crippen molar-refractivity contribution in [1.82, 2.24) is 5.32 Å². The van der Waals surface area contributed by atoms with Crippen LogP contribution in [0, 0.1) is 6.92 Å². The number of esters is 1. The lowest BCUT2D eigenvalue weighted by Gasteiger charge is -2.15. The lowest BCUT2D eigenvalue weighted by atomic mass is 10.1. The molecule has 162 valence electrons. The monoisotopic (exact) mass is 443 g/mol. The molecule has 0 aliphatic heterocycles. The number of benzene rings is 2. The van der Waals surface area contributed by atoms with Gasteiger partial charge in [0.25, 0.3) is 5.91 Å². The summed E-state index contributed by atoms with van der Waals surface area (Å²) in [5.41, 5.74) is 0.116. The third-order valence-corrected chi connectivity index (χ3v) is 4.60. The number of carbonyl (C=O) groups excluding carboxylic acids is 2. The summed E-state index contributed by atoms with van der Waals surface area (Å²) in [6.07, 6.45) is -0.885. The van der Waals surface area contributed by atoms with Crippen LogP contribution in [0.25, 0.3) is 11.0 Å². The molecule has 1 heterocycles. The van der Waals surface area contributed by atoms with Crippen molar-refractivity contribution in [2.45, 2.75) is 39.8 Å². The van der Waals surface area contributed by atoms with Crippen LogP contribution in [0.2, 0.25) is 5.02 Å². The zero-order valence-corrected chi connectivity index (χ0v) is 18.3. The minimum Gasteiger partial charge on any atom is -0.479 e. The molecule has 0 fully saturated rings. The summed E-state index contributed by atoms with van der Waals surface area (Å²) in [6, 6.07) is 11.0. The van der Waals surface area contributed by atoms with E-state index in [1.807, 2.05) is 6.92 Å². The van der Waals surface area contributed by atoms with Crippen molar-refractivity contribution < 1.29 is 23.5 Å². The molecule has 0 radical (unpaired) electrons. The van der Waals surface area contributed by atoms with Gasteiger partial charge in [0.05, 0.1) is 0 Å². The van der Waals surface area contributed by atoms with Gasteiger partial charge in [-0.05, 0) is 69.7 Å². The van der Waals surface area contributed by atoms with Gasteiger partial charge in [-0.25, -0.2) is 9.59 Å². The Morgan fingerprint density at radius 3 is 2.48 bits per heavy atom. The molecule has 31 heavy (non-hydrogen) atoms. The second-order valence-corrected chi connectivity index (χ2v) is 7.80. The van der Waals surface area contributed by atoms with Crippen LogP contribution in [0.1, 0.15) is 36.7 Å². The maximum Gasteiger partial charge on any atom is 0.352 e. The van der Waals surface area contributed by atoms with Crippen molar-refractivity contribution in [3.8, 4) is 11.5 Å². The highest BCUT2D eigenvalue weighted by Crippen LogP contribution is 2.24. The van der Waals surface area contributed by atoms with E-state index in [1.165, 1.54) is 12.1 Å². The zero-order valence-electron chi connectivity index (χ0n) is 17.5. The molecule has 0 aliphatic rings. The number of hydrogen-bond donors (Lipinski definition) is 1. The number of nitrogens with one attached hydrogen (secondary N) is 1. The lowest BCUT2D eigenvalue weighted by molar-refractivity contribution is -0.141. The van der Waals surface area contributed by atoms with Crippen molar-refractivity contribution >= 4 is 34.4 Å². The minimum atomic E-state index is -0.885. The Morgan fingerprint density at radius 2 is 1.81 bits per heavy atom. The number of hydrogen-bond acceptors (Lipinski definition) is 6. The molecule has 0 aliphatic carbocycles. The van der Waals surface area contributed by atoms with Gasteiger partial charge in [0, 0.05) is 22.5 Å². The summed E-state index contributed by atoms with van der Waals surface area (Å²) in [7, 11) is 0. The van der Waals surface area contributed by atoms with E-state index in [2.05, 4.69) is 5.32 Å². The van der Waals surface area contributed by atoms with Crippen LogP contribution in [0.4, 0.5) is 0 Å². The van der Waals surface area contributed by atoms with Crippen LogP contribution < -0.4 is 20.4 Å². The fourth-order valence-corrected chi connectivity index (χ4v) is 3.06. The Kier molecular flexibility index (Phi) is 6.65. The zero-order chi connectivity index (χ0) is 22.7. The summed E-state index contributed by atoms with van der Waals surface area (Å²) in [5, 5.41) is 3.75. The fraction of sp³-hybridized carbons (Fsp3) is 0.261. The molecule has 0 saturated carbocycles. The number of fused-ring (bicyclic) bond motifs is 1. The molecule has 3 aromatic rings. The summed E-state index contributed by atoms with van der Waals surface area (Å²) in [5.74, 6) is -0.428. The number of rotatable bonds is 6. The predicted octanol–water partition coefficient (Wildman–Crippen LogP) is 4.27. The number of amides is 1. The number of aryl methyl sites for hydroxylation is 1. The topological polar surface area (TPSA) is 94.8 Å². The molecule has 1 N–H and O–H groups in total. The molecule has 0 saturated heterocycles. The number of ether oxygens (including phenoxy) is 2. The molecule has 0 spiro atoms. The minimum absolute atomic E-state index is 0.0914. The quantitative estimate of drug-likeness (QED) is 0.347. The van der Waals surface area contributed by atoms with E-state index < -0.39 is 23.6 Å². The van der Waals surface area contributed by atoms with Gasteiger partial charge in [-0.15, -0.1) is 0 Å². The average molecular weight is 444 g/mol. The van der Waals surface area contributed by atoms with Gasteiger partial charge < -0.3 is 19.2 Å². The summed E-state index contributed by atoms with van der Waals surface area (Å²) >= 11 is 5.93. The highest BCUT2D eigenvalue weighted by atomic mass is 35.5. The van der Waals surface area contributed by atoms with Gasteiger partial charge in [0.1, 0.15) is 22.6 Å². The van der Waals surface area contributed by atoms with Crippen LogP contribution >= 0.6 is 11.6 Å². The van der Waals surface area contributed by atoms with Gasteiger partial charge in [0.2, 0.25) is 0 Å². The molecule has 0 bridgehead atoms. The molecule has 1 atom stereocenters. The smallest absolute Gasteiger partial charge is 0.352 e. The molecule has 8 heteroatoms. The Hall–Kier alpha value is -3.32. The third kappa shape index (κ3) is 5.44. The summed E-state index contributed by atoms with van der Waals surface area (Å²) in [4.78, 5) is 36.8. The second kappa shape index (κ2) is 9.22. The van der Waals surface area contributed by atoms with Crippen LogP contribution in [-0.4, -0.2) is 24.0 Å². The van der Waals surface area contributed by atoms with Crippen LogP contribution in [0.5, 0.6) is 11.5 Å². The van der Waals surface area contributed by atoms with E-state index in [9.17, 15) is 14.4 Å². The van der Waals surface area contributed by atoms with Gasteiger partial charge >= 0.3 is 11.6 Å². The molecule has 1 aromatic heterocycles.